The Morgan fingerprint density at radius 3 is 2.88 bits per heavy atom. The molecule has 1 aliphatic carbocycles. The van der Waals surface area contributed by atoms with E-state index >= 15 is 0 Å². The average Bonchev–Trinajstić information content (AvgIpc) is 3.37. The summed E-state index contributed by atoms with van der Waals surface area (Å²) >= 11 is 3.15. The van der Waals surface area contributed by atoms with Crippen molar-refractivity contribution < 1.29 is 4.92 Å². The van der Waals surface area contributed by atoms with Crippen molar-refractivity contribution in [2.24, 2.45) is 0 Å². The van der Waals surface area contributed by atoms with E-state index in [-0.39, 0.29) is 10.6 Å². The molecule has 0 N–H and O–H groups in total. The number of thiazole rings is 1. The maximum atomic E-state index is 11.3. The lowest BCUT2D eigenvalue weighted by molar-refractivity contribution is -0.385. The van der Waals surface area contributed by atoms with E-state index in [1.807, 2.05) is 18.4 Å². The smallest absolute Gasteiger partial charge is 0.274 e. The average molecular weight is 373 g/mol. The second kappa shape index (κ2) is 6.57. The standard InChI is InChI=1S/C16H15N5O2S2/c1-24-16-19-14-13(25-16)15(18-9-17-14)20(11-6-7-11)8-10-4-2-3-5-12(10)21(22)23/h2-5,9,11H,6-8H2,1H3. The lowest BCUT2D eigenvalue weighted by Gasteiger charge is -2.23. The van der Waals surface area contributed by atoms with Gasteiger partial charge < -0.3 is 4.90 Å². The number of para-hydroxylation sites is 1. The number of nitro benzene ring substituents is 1. The first kappa shape index (κ1) is 16.2. The quantitative estimate of drug-likeness (QED) is 0.368. The first-order chi connectivity index (χ1) is 12.2. The number of nitrogens with zero attached hydrogens (tertiary/aromatic N) is 5. The molecule has 0 aliphatic heterocycles. The highest BCUT2D eigenvalue weighted by Crippen LogP contribution is 2.39. The Labute approximate surface area is 152 Å². The molecule has 0 amide bonds. The molecule has 1 aromatic carbocycles. The first-order valence-corrected chi connectivity index (χ1v) is 9.86. The highest BCUT2D eigenvalue weighted by molar-refractivity contribution is 8.00. The van der Waals surface area contributed by atoms with Crippen LogP contribution in [0.2, 0.25) is 0 Å². The van der Waals surface area contributed by atoms with Crippen LogP contribution in [-0.2, 0) is 6.54 Å². The van der Waals surface area contributed by atoms with E-state index in [0.717, 1.165) is 27.7 Å². The molecule has 4 rings (SSSR count). The monoisotopic (exact) mass is 373 g/mol. The fourth-order valence-corrected chi connectivity index (χ4v) is 4.30. The van der Waals surface area contributed by atoms with E-state index in [9.17, 15) is 10.1 Å². The molecule has 3 aromatic rings. The molecule has 1 saturated carbocycles. The third-order valence-corrected chi connectivity index (χ3v) is 6.14. The van der Waals surface area contributed by atoms with Crippen LogP contribution < -0.4 is 4.90 Å². The van der Waals surface area contributed by atoms with E-state index < -0.39 is 0 Å². The Bertz CT molecular complexity index is 941. The third kappa shape index (κ3) is 3.16. The largest absolute Gasteiger partial charge is 0.348 e. The van der Waals surface area contributed by atoms with Gasteiger partial charge in [0, 0.05) is 17.7 Å². The lowest BCUT2D eigenvalue weighted by Crippen LogP contribution is -2.26. The molecular weight excluding hydrogens is 358 g/mol. The molecule has 0 radical (unpaired) electrons. The Balaban J connectivity index is 1.76. The van der Waals surface area contributed by atoms with Crippen LogP contribution in [0.1, 0.15) is 18.4 Å². The van der Waals surface area contributed by atoms with Crippen LogP contribution in [0.15, 0.2) is 34.9 Å². The van der Waals surface area contributed by atoms with Gasteiger partial charge >= 0.3 is 0 Å². The molecule has 0 atom stereocenters. The highest BCUT2D eigenvalue weighted by Gasteiger charge is 2.33. The summed E-state index contributed by atoms with van der Waals surface area (Å²) in [6.45, 7) is 0.459. The van der Waals surface area contributed by atoms with Crippen LogP contribution in [0.4, 0.5) is 11.5 Å². The molecule has 7 nitrogen and oxygen atoms in total. The number of rotatable bonds is 6. The summed E-state index contributed by atoms with van der Waals surface area (Å²) < 4.78 is 1.88. The summed E-state index contributed by atoms with van der Waals surface area (Å²) in [5, 5.41) is 11.3. The summed E-state index contributed by atoms with van der Waals surface area (Å²) in [5.41, 5.74) is 1.53. The fraction of sp³-hybridized carbons (Fsp3) is 0.312. The van der Waals surface area contributed by atoms with Crippen LogP contribution in [0.5, 0.6) is 0 Å². The molecule has 0 spiro atoms. The van der Waals surface area contributed by atoms with Crippen molar-refractivity contribution in [3.05, 3.63) is 46.3 Å². The van der Waals surface area contributed by atoms with Gasteiger partial charge in [-0.1, -0.05) is 30.0 Å². The summed E-state index contributed by atoms with van der Waals surface area (Å²) in [4.78, 5) is 26.4. The summed E-state index contributed by atoms with van der Waals surface area (Å²) in [5.74, 6) is 0.823. The SMILES string of the molecule is CSc1nc2ncnc(N(Cc3ccccc3[N+](=O)[O-])C3CC3)c2s1. The number of fused-ring (bicyclic) bond motifs is 1. The van der Waals surface area contributed by atoms with Crippen molar-refractivity contribution in [1.82, 2.24) is 15.0 Å². The number of hydrogen-bond donors (Lipinski definition) is 0. The molecule has 128 valence electrons. The molecule has 2 aromatic heterocycles. The van der Waals surface area contributed by atoms with Gasteiger partial charge in [0.15, 0.2) is 15.8 Å². The van der Waals surface area contributed by atoms with Crippen LogP contribution in [0.25, 0.3) is 10.3 Å². The third-order valence-electron chi connectivity index (χ3n) is 4.12. The molecule has 9 heteroatoms. The number of anilines is 1. The number of benzene rings is 1. The van der Waals surface area contributed by atoms with Gasteiger partial charge in [-0.2, -0.15) is 0 Å². The van der Waals surface area contributed by atoms with Gasteiger partial charge in [0.05, 0.1) is 11.5 Å². The van der Waals surface area contributed by atoms with Gasteiger partial charge in [-0.25, -0.2) is 15.0 Å². The van der Waals surface area contributed by atoms with Gasteiger partial charge in [-0.05, 0) is 19.1 Å². The van der Waals surface area contributed by atoms with Crippen LogP contribution in [0.3, 0.4) is 0 Å². The van der Waals surface area contributed by atoms with Crippen molar-refractivity contribution in [2.45, 2.75) is 29.8 Å². The predicted molar refractivity (Wildman–Crippen MR) is 99.3 cm³/mol. The van der Waals surface area contributed by atoms with E-state index in [2.05, 4.69) is 19.9 Å². The topological polar surface area (TPSA) is 85.0 Å². The zero-order chi connectivity index (χ0) is 17.4. The molecular formula is C16H15N5O2S2. The number of hydrogen-bond acceptors (Lipinski definition) is 8. The van der Waals surface area contributed by atoms with E-state index in [0.29, 0.717) is 23.8 Å². The summed E-state index contributed by atoms with van der Waals surface area (Å²) in [7, 11) is 0. The minimum absolute atomic E-state index is 0.146. The van der Waals surface area contributed by atoms with Gasteiger partial charge in [0.25, 0.3) is 5.69 Å². The van der Waals surface area contributed by atoms with Crippen molar-refractivity contribution in [1.29, 1.82) is 0 Å². The number of nitro groups is 1. The van der Waals surface area contributed by atoms with Crippen molar-refractivity contribution in [3.63, 3.8) is 0 Å². The van der Waals surface area contributed by atoms with Gasteiger partial charge in [-0.3, -0.25) is 10.1 Å². The lowest BCUT2D eigenvalue weighted by atomic mass is 10.1. The predicted octanol–water partition coefficient (Wildman–Crippen LogP) is 3.89. The molecule has 0 unspecified atom stereocenters. The Morgan fingerprint density at radius 1 is 1.36 bits per heavy atom. The number of thioether (sulfide) groups is 1. The zero-order valence-corrected chi connectivity index (χ0v) is 15.1. The molecule has 1 fully saturated rings. The molecule has 2 heterocycles. The maximum absolute atomic E-state index is 11.3. The molecule has 25 heavy (non-hydrogen) atoms. The van der Waals surface area contributed by atoms with Crippen LogP contribution in [-0.4, -0.2) is 32.2 Å². The Hall–Kier alpha value is -2.26. The Morgan fingerprint density at radius 2 is 2.16 bits per heavy atom. The van der Waals surface area contributed by atoms with Crippen LogP contribution in [0, 0.1) is 10.1 Å². The highest BCUT2D eigenvalue weighted by atomic mass is 32.2. The van der Waals surface area contributed by atoms with Gasteiger partial charge in [0.1, 0.15) is 11.0 Å². The molecule has 0 saturated heterocycles. The number of aromatic nitrogens is 3. The Kier molecular flexibility index (Phi) is 4.26. The van der Waals surface area contributed by atoms with E-state index in [1.165, 1.54) is 6.33 Å². The van der Waals surface area contributed by atoms with Crippen molar-refractivity contribution in [2.75, 3.05) is 11.2 Å². The minimum Gasteiger partial charge on any atom is -0.348 e. The molecule has 0 bridgehead atoms. The second-order valence-corrected chi connectivity index (χ2v) is 7.83. The molecule has 1 aliphatic rings. The van der Waals surface area contributed by atoms with E-state index in [1.54, 1.807) is 35.2 Å². The zero-order valence-electron chi connectivity index (χ0n) is 13.5. The maximum Gasteiger partial charge on any atom is 0.274 e. The van der Waals surface area contributed by atoms with Gasteiger partial charge in [0.2, 0.25) is 0 Å². The van der Waals surface area contributed by atoms with Crippen molar-refractivity contribution in [3.8, 4) is 0 Å². The van der Waals surface area contributed by atoms with Crippen LogP contribution >= 0.6 is 23.1 Å². The first-order valence-electron chi connectivity index (χ1n) is 7.82. The second-order valence-electron chi connectivity index (χ2n) is 5.78. The minimum atomic E-state index is -0.325. The van der Waals surface area contributed by atoms with E-state index in [4.69, 9.17) is 0 Å². The summed E-state index contributed by atoms with van der Waals surface area (Å²) in [6.07, 6.45) is 5.65. The summed E-state index contributed by atoms with van der Waals surface area (Å²) in [6, 6.07) is 7.25. The normalized spacial score (nSPS) is 14.0. The van der Waals surface area contributed by atoms with Crippen molar-refractivity contribution >= 4 is 45.0 Å². The fourth-order valence-electron chi connectivity index (χ4n) is 2.78. The van der Waals surface area contributed by atoms with Gasteiger partial charge in [-0.15, -0.1) is 11.3 Å².